The van der Waals surface area contributed by atoms with Crippen molar-refractivity contribution in [2.75, 3.05) is 26.7 Å². The van der Waals surface area contributed by atoms with Gasteiger partial charge in [0.2, 0.25) is 0 Å². The number of benzene rings is 1. The van der Waals surface area contributed by atoms with Gasteiger partial charge in [-0.25, -0.2) is 9.78 Å². The van der Waals surface area contributed by atoms with Gasteiger partial charge in [0, 0.05) is 44.1 Å². The lowest BCUT2D eigenvalue weighted by molar-refractivity contribution is 0.0875. The van der Waals surface area contributed by atoms with Crippen molar-refractivity contribution >= 4 is 17.4 Å². The Morgan fingerprint density at radius 1 is 1.42 bits per heavy atom. The molecule has 5 nitrogen and oxygen atoms in total. The van der Waals surface area contributed by atoms with Gasteiger partial charge in [-0.2, -0.15) is 0 Å². The summed E-state index contributed by atoms with van der Waals surface area (Å²) in [7, 11) is 1.81. The molecule has 0 saturated carbocycles. The maximum Gasteiger partial charge on any atom is 0.317 e. The van der Waals surface area contributed by atoms with Crippen LogP contribution in [0, 0.1) is 0 Å². The monoisotopic (exact) mass is 345 g/mol. The number of thiazole rings is 1. The van der Waals surface area contributed by atoms with Crippen LogP contribution in [0.5, 0.6) is 0 Å². The van der Waals surface area contributed by atoms with Crippen molar-refractivity contribution in [1.29, 1.82) is 0 Å². The number of carbonyl (C=O) groups excluding carboxylic acids is 1. The zero-order valence-corrected chi connectivity index (χ0v) is 14.7. The maximum atomic E-state index is 12.1. The number of urea groups is 1. The van der Waals surface area contributed by atoms with Crippen molar-refractivity contribution in [1.82, 2.24) is 15.2 Å². The number of hydrogen-bond acceptors (Lipinski definition) is 4. The molecule has 0 aliphatic carbocycles. The maximum absolute atomic E-state index is 12.1. The van der Waals surface area contributed by atoms with Gasteiger partial charge in [-0.1, -0.05) is 30.3 Å². The van der Waals surface area contributed by atoms with Gasteiger partial charge in [-0.3, -0.25) is 0 Å². The van der Waals surface area contributed by atoms with E-state index in [1.54, 1.807) is 16.2 Å². The summed E-state index contributed by atoms with van der Waals surface area (Å²) in [5.41, 5.74) is 2.12. The minimum atomic E-state index is -0.0506. The van der Waals surface area contributed by atoms with E-state index in [1.165, 1.54) is 0 Å². The number of hydrogen-bond donors (Lipinski definition) is 1. The molecule has 1 atom stereocenters. The quantitative estimate of drug-likeness (QED) is 0.875. The highest BCUT2D eigenvalue weighted by Crippen LogP contribution is 2.21. The first-order valence-corrected chi connectivity index (χ1v) is 9.21. The lowest BCUT2D eigenvalue weighted by Crippen LogP contribution is -2.41. The van der Waals surface area contributed by atoms with E-state index in [9.17, 15) is 4.79 Å². The first-order chi connectivity index (χ1) is 11.7. The van der Waals surface area contributed by atoms with E-state index in [-0.39, 0.29) is 12.1 Å². The van der Waals surface area contributed by atoms with Crippen LogP contribution in [0.25, 0.3) is 11.3 Å². The zero-order valence-electron chi connectivity index (χ0n) is 13.9. The molecule has 0 bridgehead atoms. The molecule has 0 spiro atoms. The third-order valence-corrected chi connectivity index (χ3v) is 4.99. The SMILES string of the molecule is CN(C[C@@H]1CCCO1)C(=O)NCCc1nc(-c2ccccc2)cs1. The number of likely N-dealkylation sites (N-methyl/N-ethyl adjacent to an activating group) is 1. The second-order valence-corrected chi connectivity index (χ2v) is 6.93. The van der Waals surface area contributed by atoms with E-state index < -0.39 is 0 Å². The molecule has 24 heavy (non-hydrogen) atoms. The van der Waals surface area contributed by atoms with Gasteiger partial charge >= 0.3 is 6.03 Å². The molecule has 0 unspecified atom stereocenters. The first kappa shape index (κ1) is 16.9. The molecular weight excluding hydrogens is 322 g/mol. The molecule has 2 amide bonds. The van der Waals surface area contributed by atoms with E-state index in [0.717, 1.165) is 42.1 Å². The number of amides is 2. The molecule has 1 aromatic heterocycles. The third kappa shape index (κ3) is 4.55. The average Bonchev–Trinajstić information content (AvgIpc) is 3.27. The number of rotatable bonds is 6. The van der Waals surface area contributed by atoms with Crippen LogP contribution in [0.4, 0.5) is 4.79 Å². The summed E-state index contributed by atoms with van der Waals surface area (Å²) in [4.78, 5) is 18.4. The minimum absolute atomic E-state index is 0.0506. The van der Waals surface area contributed by atoms with Crippen molar-refractivity contribution in [3.05, 3.63) is 40.7 Å². The number of carbonyl (C=O) groups is 1. The van der Waals surface area contributed by atoms with Crippen LogP contribution in [0.1, 0.15) is 17.8 Å². The summed E-state index contributed by atoms with van der Waals surface area (Å²) in [6, 6.07) is 10.1. The van der Waals surface area contributed by atoms with Gasteiger partial charge in [-0.05, 0) is 12.8 Å². The van der Waals surface area contributed by atoms with E-state index >= 15 is 0 Å². The third-order valence-electron chi connectivity index (χ3n) is 4.08. The summed E-state index contributed by atoms with van der Waals surface area (Å²) in [6.07, 6.45) is 3.07. The number of nitrogens with zero attached hydrogens (tertiary/aromatic N) is 2. The van der Waals surface area contributed by atoms with Gasteiger partial charge in [0.1, 0.15) is 0 Å². The van der Waals surface area contributed by atoms with Crippen LogP contribution < -0.4 is 5.32 Å². The highest BCUT2D eigenvalue weighted by molar-refractivity contribution is 7.09. The van der Waals surface area contributed by atoms with Gasteiger partial charge in [0.25, 0.3) is 0 Å². The van der Waals surface area contributed by atoms with Crippen LogP contribution in [0.15, 0.2) is 35.7 Å². The Hall–Kier alpha value is -1.92. The van der Waals surface area contributed by atoms with Gasteiger partial charge in [0.15, 0.2) is 0 Å². The Kier molecular flexibility index (Phi) is 5.82. The minimum Gasteiger partial charge on any atom is -0.376 e. The lowest BCUT2D eigenvalue weighted by Gasteiger charge is -2.21. The van der Waals surface area contributed by atoms with Crippen LogP contribution in [0.2, 0.25) is 0 Å². The Balaban J connectivity index is 1.43. The Morgan fingerprint density at radius 2 is 2.25 bits per heavy atom. The Morgan fingerprint density at radius 3 is 3.00 bits per heavy atom. The number of nitrogens with one attached hydrogen (secondary N) is 1. The summed E-state index contributed by atoms with van der Waals surface area (Å²) < 4.78 is 5.56. The predicted octanol–water partition coefficient (Wildman–Crippen LogP) is 3.17. The lowest BCUT2D eigenvalue weighted by atomic mass is 10.2. The van der Waals surface area contributed by atoms with Gasteiger partial charge in [0.05, 0.1) is 16.8 Å². The van der Waals surface area contributed by atoms with Crippen LogP contribution in [-0.4, -0.2) is 48.8 Å². The molecule has 1 aliphatic rings. The molecule has 3 rings (SSSR count). The highest BCUT2D eigenvalue weighted by Gasteiger charge is 2.19. The second-order valence-electron chi connectivity index (χ2n) is 5.99. The Labute approximate surface area is 146 Å². The molecule has 1 saturated heterocycles. The van der Waals surface area contributed by atoms with E-state index in [1.807, 2.05) is 25.2 Å². The molecule has 1 aliphatic heterocycles. The average molecular weight is 345 g/mol. The molecule has 6 heteroatoms. The summed E-state index contributed by atoms with van der Waals surface area (Å²) in [6.45, 7) is 2.06. The van der Waals surface area contributed by atoms with E-state index in [4.69, 9.17) is 4.74 Å². The fourth-order valence-electron chi connectivity index (χ4n) is 2.76. The van der Waals surface area contributed by atoms with Crippen molar-refractivity contribution in [3.8, 4) is 11.3 Å². The van der Waals surface area contributed by atoms with Crippen molar-refractivity contribution in [3.63, 3.8) is 0 Å². The standard InChI is InChI=1S/C18H23N3O2S/c1-21(12-15-8-5-11-23-15)18(22)19-10-9-17-20-16(13-24-17)14-6-3-2-4-7-14/h2-4,6-7,13,15H,5,8-12H2,1H3,(H,19,22)/t15-/m0/s1. The molecular formula is C18H23N3O2S. The summed E-state index contributed by atoms with van der Waals surface area (Å²) in [5, 5.41) is 6.06. The highest BCUT2D eigenvalue weighted by atomic mass is 32.1. The van der Waals surface area contributed by atoms with Crippen molar-refractivity contribution < 1.29 is 9.53 Å². The number of aromatic nitrogens is 1. The molecule has 0 radical (unpaired) electrons. The molecule has 1 aromatic carbocycles. The topological polar surface area (TPSA) is 54.5 Å². The Bertz CT molecular complexity index is 653. The number of ether oxygens (including phenoxy) is 1. The van der Waals surface area contributed by atoms with Crippen LogP contribution in [0.3, 0.4) is 0 Å². The fourth-order valence-corrected chi connectivity index (χ4v) is 3.56. The smallest absolute Gasteiger partial charge is 0.317 e. The molecule has 2 heterocycles. The van der Waals surface area contributed by atoms with Crippen molar-refractivity contribution in [2.24, 2.45) is 0 Å². The molecule has 1 fully saturated rings. The predicted molar refractivity (Wildman–Crippen MR) is 96.3 cm³/mol. The summed E-state index contributed by atoms with van der Waals surface area (Å²) in [5.74, 6) is 0. The molecule has 128 valence electrons. The van der Waals surface area contributed by atoms with Crippen LogP contribution >= 0.6 is 11.3 Å². The fraction of sp³-hybridized carbons (Fsp3) is 0.444. The van der Waals surface area contributed by atoms with Crippen LogP contribution in [-0.2, 0) is 11.2 Å². The molecule has 1 N–H and O–H groups in total. The second kappa shape index (κ2) is 8.26. The van der Waals surface area contributed by atoms with E-state index in [0.29, 0.717) is 13.1 Å². The summed E-state index contributed by atoms with van der Waals surface area (Å²) >= 11 is 1.63. The van der Waals surface area contributed by atoms with E-state index in [2.05, 4.69) is 27.8 Å². The van der Waals surface area contributed by atoms with Gasteiger partial charge < -0.3 is 15.0 Å². The first-order valence-electron chi connectivity index (χ1n) is 8.33. The van der Waals surface area contributed by atoms with Crippen molar-refractivity contribution in [2.45, 2.75) is 25.4 Å². The largest absolute Gasteiger partial charge is 0.376 e. The normalized spacial score (nSPS) is 17.0. The van der Waals surface area contributed by atoms with Gasteiger partial charge in [-0.15, -0.1) is 11.3 Å². The molecule has 2 aromatic rings. The zero-order chi connectivity index (χ0) is 16.8.